The zero-order valence-corrected chi connectivity index (χ0v) is 9.52. The van der Waals surface area contributed by atoms with Gasteiger partial charge in [-0.25, -0.2) is 4.79 Å². The van der Waals surface area contributed by atoms with Gasteiger partial charge >= 0.3 is 6.03 Å². The molecule has 1 aromatic rings. The molecule has 0 saturated carbocycles. The van der Waals surface area contributed by atoms with Gasteiger partial charge in [0, 0.05) is 19.3 Å². The van der Waals surface area contributed by atoms with Crippen LogP contribution < -0.4 is 5.32 Å². The Hall–Kier alpha value is -1.58. The fourth-order valence-corrected chi connectivity index (χ4v) is 2.14. The molecule has 0 spiro atoms. The van der Waals surface area contributed by atoms with Crippen molar-refractivity contribution in [1.82, 2.24) is 15.2 Å². The van der Waals surface area contributed by atoms with Crippen LogP contribution in [0.5, 0.6) is 0 Å². The Kier molecular flexibility index (Phi) is 3.39. The minimum absolute atomic E-state index is 0.0238. The first-order valence-electron chi connectivity index (χ1n) is 5.78. The molecule has 2 amide bonds. The Morgan fingerprint density at radius 1 is 1.62 bits per heavy atom. The maximum absolute atomic E-state index is 11.8. The lowest BCUT2D eigenvalue weighted by atomic mass is 10.1. The van der Waals surface area contributed by atoms with E-state index in [0.29, 0.717) is 6.54 Å². The van der Waals surface area contributed by atoms with Crippen LogP contribution in [0.15, 0.2) is 24.4 Å². The summed E-state index contributed by atoms with van der Waals surface area (Å²) in [5.74, 6) is 0. The Balaban J connectivity index is 2.12. The molecule has 1 aliphatic rings. The summed E-state index contributed by atoms with van der Waals surface area (Å²) < 4.78 is 0. The van der Waals surface area contributed by atoms with E-state index < -0.39 is 0 Å². The number of nitrogens with one attached hydrogen (secondary N) is 1. The minimum atomic E-state index is 0.0238. The molecule has 86 valence electrons. The highest BCUT2D eigenvalue weighted by molar-refractivity contribution is 5.74. The molecule has 0 bridgehead atoms. The predicted molar refractivity (Wildman–Crippen MR) is 62.0 cm³/mol. The van der Waals surface area contributed by atoms with Crippen molar-refractivity contribution < 1.29 is 4.79 Å². The molecule has 2 rings (SSSR count). The number of rotatable bonds is 2. The van der Waals surface area contributed by atoms with E-state index in [9.17, 15) is 4.79 Å². The zero-order chi connectivity index (χ0) is 11.4. The summed E-state index contributed by atoms with van der Waals surface area (Å²) in [5.41, 5.74) is 0.992. The first-order chi connectivity index (χ1) is 7.83. The molecule has 1 atom stereocenters. The number of likely N-dealkylation sites (tertiary alicyclic amines) is 1. The van der Waals surface area contributed by atoms with Crippen LogP contribution in [0, 0.1) is 0 Å². The van der Waals surface area contributed by atoms with E-state index in [4.69, 9.17) is 0 Å². The lowest BCUT2D eigenvalue weighted by Gasteiger charge is -2.24. The molecule has 1 fully saturated rings. The number of nitrogens with zero attached hydrogens (tertiary/aromatic N) is 2. The lowest BCUT2D eigenvalue weighted by Crippen LogP contribution is -2.39. The van der Waals surface area contributed by atoms with Gasteiger partial charge in [0.1, 0.15) is 0 Å². The van der Waals surface area contributed by atoms with E-state index in [2.05, 4.69) is 10.3 Å². The monoisotopic (exact) mass is 219 g/mol. The largest absolute Gasteiger partial charge is 0.338 e. The van der Waals surface area contributed by atoms with Gasteiger partial charge in [-0.3, -0.25) is 4.98 Å². The van der Waals surface area contributed by atoms with Crippen molar-refractivity contribution >= 4 is 6.03 Å². The Labute approximate surface area is 95.7 Å². The van der Waals surface area contributed by atoms with Gasteiger partial charge in [-0.1, -0.05) is 6.07 Å². The maximum atomic E-state index is 11.8. The summed E-state index contributed by atoms with van der Waals surface area (Å²) in [6.45, 7) is 3.43. The topological polar surface area (TPSA) is 45.2 Å². The molecular formula is C12H17N3O. The molecule has 0 radical (unpaired) electrons. The van der Waals surface area contributed by atoms with Crippen molar-refractivity contribution in [2.45, 2.75) is 25.8 Å². The van der Waals surface area contributed by atoms with Crippen LogP contribution in [-0.4, -0.2) is 29.0 Å². The highest BCUT2D eigenvalue weighted by Crippen LogP contribution is 2.30. The van der Waals surface area contributed by atoms with Gasteiger partial charge in [0.25, 0.3) is 0 Å². The van der Waals surface area contributed by atoms with Gasteiger partial charge in [0.05, 0.1) is 11.7 Å². The number of amides is 2. The van der Waals surface area contributed by atoms with E-state index in [0.717, 1.165) is 25.1 Å². The first-order valence-corrected chi connectivity index (χ1v) is 5.78. The zero-order valence-electron chi connectivity index (χ0n) is 9.52. The second-order valence-corrected chi connectivity index (χ2v) is 3.94. The van der Waals surface area contributed by atoms with Crippen LogP contribution in [0.25, 0.3) is 0 Å². The van der Waals surface area contributed by atoms with Gasteiger partial charge in [-0.15, -0.1) is 0 Å². The van der Waals surface area contributed by atoms with Gasteiger partial charge < -0.3 is 10.2 Å². The second kappa shape index (κ2) is 4.96. The molecule has 1 aliphatic heterocycles. The number of carbonyl (C=O) groups excluding carboxylic acids is 1. The van der Waals surface area contributed by atoms with Crippen LogP contribution in [0.3, 0.4) is 0 Å². The van der Waals surface area contributed by atoms with Crippen molar-refractivity contribution in [1.29, 1.82) is 0 Å². The van der Waals surface area contributed by atoms with E-state index >= 15 is 0 Å². The van der Waals surface area contributed by atoms with Gasteiger partial charge in [-0.2, -0.15) is 0 Å². The number of carbonyl (C=O) groups is 1. The van der Waals surface area contributed by atoms with Gasteiger partial charge in [0.2, 0.25) is 0 Å². The Morgan fingerprint density at radius 3 is 3.19 bits per heavy atom. The molecule has 0 aromatic carbocycles. The van der Waals surface area contributed by atoms with Crippen LogP contribution in [0.2, 0.25) is 0 Å². The number of pyridine rings is 1. The first kappa shape index (κ1) is 10.9. The smallest absolute Gasteiger partial charge is 0.317 e. The fraction of sp³-hybridized carbons (Fsp3) is 0.500. The molecule has 4 nitrogen and oxygen atoms in total. The SMILES string of the molecule is CCNC(=O)N1CCCC1c1ccccn1. The predicted octanol–water partition coefficient (Wildman–Crippen LogP) is 1.95. The van der Waals surface area contributed by atoms with Crippen LogP contribution in [0.4, 0.5) is 4.79 Å². The standard InChI is InChI=1S/C12H17N3O/c1-2-13-12(16)15-9-5-7-11(15)10-6-3-4-8-14-10/h3-4,6,8,11H,2,5,7,9H2,1H3,(H,13,16). The highest BCUT2D eigenvalue weighted by Gasteiger charge is 2.30. The Bertz CT molecular complexity index is 353. The summed E-state index contributed by atoms with van der Waals surface area (Å²) in [4.78, 5) is 18.0. The number of hydrogen-bond donors (Lipinski definition) is 1. The summed E-state index contributed by atoms with van der Waals surface area (Å²) >= 11 is 0. The molecule has 16 heavy (non-hydrogen) atoms. The average molecular weight is 219 g/mol. The highest BCUT2D eigenvalue weighted by atomic mass is 16.2. The fourth-order valence-electron chi connectivity index (χ4n) is 2.14. The molecular weight excluding hydrogens is 202 g/mol. The summed E-state index contributed by atoms with van der Waals surface area (Å²) in [6.07, 6.45) is 3.84. The summed E-state index contributed by atoms with van der Waals surface area (Å²) in [6, 6.07) is 6.02. The molecule has 2 heterocycles. The van der Waals surface area contributed by atoms with Crippen molar-refractivity contribution in [3.8, 4) is 0 Å². The molecule has 1 unspecified atom stereocenters. The van der Waals surface area contributed by atoms with Crippen molar-refractivity contribution in [3.63, 3.8) is 0 Å². The van der Waals surface area contributed by atoms with Crippen molar-refractivity contribution in [2.24, 2.45) is 0 Å². The number of hydrogen-bond acceptors (Lipinski definition) is 2. The van der Waals surface area contributed by atoms with Crippen LogP contribution in [-0.2, 0) is 0 Å². The minimum Gasteiger partial charge on any atom is -0.338 e. The Morgan fingerprint density at radius 2 is 2.50 bits per heavy atom. The van der Waals surface area contributed by atoms with E-state index in [1.165, 1.54) is 0 Å². The molecule has 1 aromatic heterocycles. The third kappa shape index (κ3) is 2.15. The van der Waals surface area contributed by atoms with Crippen LogP contribution >= 0.6 is 0 Å². The molecule has 1 N–H and O–H groups in total. The summed E-state index contributed by atoms with van der Waals surface area (Å²) in [5, 5.41) is 2.85. The molecule has 4 heteroatoms. The van der Waals surface area contributed by atoms with Crippen molar-refractivity contribution in [2.75, 3.05) is 13.1 Å². The van der Waals surface area contributed by atoms with Crippen LogP contribution in [0.1, 0.15) is 31.5 Å². The van der Waals surface area contributed by atoms with Gasteiger partial charge in [-0.05, 0) is 31.9 Å². The van der Waals surface area contributed by atoms with Gasteiger partial charge in [0.15, 0.2) is 0 Å². The average Bonchev–Trinajstić information content (AvgIpc) is 2.79. The normalized spacial score (nSPS) is 19.8. The van der Waals surface area contributed by atoms with E-state index in [-0.39, 0.29) is 12.1 Å². The molecule has 1 saturated heterocycles. The number of urea groups is 1. The summed E-state index contributed by atoms with van der Waals surface area (Å²) in [7, 11) is 0. The van der Waals surface area contributed by atoms with E-state index in [1.807, 2.05) is 30.0 Å². The van der Waals surface area contributed by atoms with E-state index in [1.54, 1.807) is 6.20 Å². The maximum Gasteiger partial charge on any atom is 0.317 e. The number of aromatic nitrogens is 1. The second-order valence-electron chi connectivity index (χ2n) is 3.94. The molecule has 0 aliphatic carbocycles. The quantitative estimate of drug-likeness (QED) is 0.826. The lowest BCUT2D eigenvalue weighted by molar-refractivity contribution is 0.192. The third-order valence-corrected chi connectivity index (χ3v) is 2.87. The third-order valence-electron chi connectivity index (χ3n) is 2.87. The van der Waals surface area contributed by atoms with Crippen molar-refractivity contribution in [3.05, 3.63) is 30.1 Å².